The van der Waals surface area contributed by atoms with E-state index in [0.717, 1.165) is 6.42 Å². The summed E-state index contributed by atoms with van der Waals surface area (Å²) in [6.07, 6.45) is 5.25. The van der Waals surface area contributed by atoms with E-state index >= 15 is 0 Å². The van der Waals surface area contributed by atoms with E-state index in [1.54, 1.807) is 11.9 Å². The second kappa shape index (κ2) is 10.2. The molecule has 0 bridgehead atoms. The molecule has 1 saturated heterocycles. The number of aliphatic hydroxyl groups excluding tert-OH is 1. The lowest BCUT2D eigenvalue weighted by Crippen LogP contribution is -2.57. The standard InChI is InChI=1S/C26H45N3O4/c1-15(2)12-17(13-30)29-21(23(32)28-26(7,8)14-25(4,5)6)18-11-10-16(3)19(22(31)27-9)20(18)24(29)33/h10-11,15-21,30H,12-14H2,1-9H3,(H,27,31)(H,28,32)/t16-,17-,18+,19-,20-,21+/m1/s1. The Kier molecular flexibility index (Phi) is 8.42. The molecular formula is C26H45N3O4. The number of hydrogen-bond donors (Lipinski definition) is 3. The van der Waals surface area contributed by atoms with Crippen LogP contribution in [0.2, 0.25) is 0 Å². The van der Waals surface area contributed by atoms with Crippen molar-refractivity contribution in [2.75, 3.05) is 13.7 Å². The lowest BCUT2D eigenvalue weighted by molar-refractivity contribution is -0.144. The molecule has 0 spiro atoms. The number of nitrogens with one attached hydrogen (secondary N) is 2. The smallest absolute Gasteiger partial charge is 0.243 e. The zero-order valence-electron chi connectivity index (χ0n) is 21.9. The molecular weight excluding hydrogens is 418 g/mol. The maximum Gasteiger partial charge on any atom is 0.243 e. The molecule has 0 saturated carbocycles. The molecule has 0 aromatic heterocycles. The highest BCUT2D eigenvalue weighted by atomic mass is 16.3. The molecule has 3 N–H and O–H groups in total. The molecule has 0 unspecified atom stereocenters. The Labute approximate surface area is 199 Å². The molecule has 7 nitrogen and oxygen atoms in total. The Balaban J connectivity index is 2.50. The van der Waals surface area contributed by atoms with Crippen LogP contribution in [0, 0.1) is 35.0 Å². The molecule has 7 heteroatoms. The first kappa shape index (κ1) is 27.4. The molecule has 1 heterocycles. The van der Waals surface area contributed by atoms with Gasteiger partial charge >= 0.3 is 0 Å². The van der Waals surface area contributed by atoms with Gasteiger partial charge in [0.05, 0.1) is 24.5 Å². The zero-order chi connectivity index (χ0) is 25.3. The number of likely N-dealkylation sites (tertiary alicyclic amines) is 1. The van der Waals surface area contributed by atoms with Crippen molar-refractivity contribution in [2.24, 2.45) is 35.0 Å². The molecule has 0 aromatic rings. The van der Waals surface area contributed by atoms with Crippen LogP contribution in [0.25, 0.3) is 0 Å². The molecule has 0 aromatic carbocycles. The van der Waals surface area contributed by atoms with E-state index in [-0.39, 0.29) is 41.6 Å². The minimum Gasteiger partial charge on any atom is -0.394 e. The summed E-state index contributed by atoms with van der Waals surface area (Å²) >= 11 is 0. The third-order valence-corrected chi connectivity index (χ3v) is 6.81. The maximum absolute atomic E-state index is 13.8. The van der Waals surface area contributed by atoms with Crippen LogP contribution < -0.4 is 10.6 Å². The van der Waals surface area contributed by atoms with Crippen LogP contribution in [0.5, 0.6) is 0 Å². The van der Waals surface area contributed by atoms with E-state index in [2.05, 4.69) is 31.4 Å². The maximum atomic E-state index is 13.8. The second-order valence-electron chi connectivity index (χ2n) is 12.3. The highest BCUT2D eigenvalue weighted by Crippen LogP contribution is 2.45. The van der Waals surface area contributed by atoms with Crippen LogP contribution in [0.15, 0.2) is 12.2 Å². The van der Waals surface area contributed by atoms with E-state index < -0.39 is 35.4 Å². The summed E-state index contributed by atoms with van der Waals surface area (Å²) in [5.41, 5.74) is -0.457. The van der Waals surface area contributed by atoms with E-state index in [0.29, 0.717) is 6.42 Å². The number of carbonyl (C=O) groups excluding carboxylic acids is 3. The van der Waals surface area contributed by atoms with Crippen molar-refractivity contribution in [3.63, 3.8) is 0 Å². The first-order valence-corrected chi connectivity index (χ1v) is 12.3. The molecule has 1 fully saturated rings. The Bertz CT molecular complexity index is 768. The van der Waals surface area contributed by atoms with E-state index in [1.165, 1.54) is 0 Å². The predicted molar refractivity (Wildman–Crippen MR) is 130 cm³/mol. The van der Waals surface area contributed by atoms with Crippen molar-refractivity contribution < 1.29 is 19.5 Å². The van der Waals surface area contributed by atoms with E-state index in [1.807, 2.05) is 46.8 Å². The van der Waals surface area contributed by atoms with Gasteiger partial charge in [-0.1, -0.05) is 53.7 Å². The summed E-state index contributed by atoms with van der Waals surface area (Å²) in [7, 11) is 1.58. The summed E-state index contributed by atoms with van der Waals surface area (Å²) in [5, 5.41) is 16.1. The lowest BCUT2D eigenvalue weighted by Gasteiger charge is -2.38. The van der Waals surface area contributed by atoms with Gasteiger partial charge in [-0.15, -0.1) is 0 Å². The van der Waals surface area contributed by atoms with Gasteiger partial charge in [0.2, 0.25) is 17.7 Å². The molecule has 33 heavy (non-hydrogen) atoms. The minimum atomic E-state index is -0.756. The van der Waals surface area contributed by atoms with Crippen molar-refractivity contribution in [3.8, 4) is 0 Å². The van der Waals surface area contributed by atoms with Gasteiger partial charge in [0, 0.05) is 18.5 Å². The lowest BCUT2D eigenvalue weighted by atomic mass is 9.70. The van der Waals surface area contributed by atoms with Gasteiger partial charge in [-0.2, -0.15) is 0 Å². The number of hydrogen-bond acceptors (Lipinski definition) is 4. The van der Waals surface area contributed by atoms with Gasteiger partial charge in [0.25, 0.3) is 0 Å². The number of nitrogens with zero attached hydrogens (tertiary/aromatic N) is 1. The summed E-state index contributed by atoms with van der Waals surface area (Å²) < 4.78 is 0. The molecule has 2 aliphatic rings. The second-order valence-corrected chi connectivity index (χ2v) is 12.3. The fourth-order valence-corrected chi connectivity index (χ4v) is 6.10. The van der Waals surface area contributed by atoms with E-state index in [4.69, 9.17) is 0 Å². The summed E-state index contributed by atoms with van der Waals surface area (Å²) in [6.45, 7) is 16.2. The van der Waals surface area contributed by atoms with Crippen molar-refractivity contribution in [3.05, 3.63) is 12.2 Å². The van der Waals surface area contributed by atoms with Crippen molar-refractivity contribution >= 4 is 17.7 Å². The largest absolute Gasteiger partial charge is 0.394 e. The number of rotatable bonds is 8. The average Bonchev–Trinajstić information content (AvgIpc) is 2.95. The van der Waals surface area contributed by atoms with Crippen molar-refractivity contribution in [2.45, 2.75) is 85.9 Å². The first-order chi connectivity index (χ1) is 15.1. The highest BCUT2D eigenvalue weighted by molar-refractivity contribution is 5.97. The fraction of sp³-hybridized carbons (Fsp3) is 0.808. The third-order valence-electron chi connectivity index (χ3n) is 6.81. The van der Waals surface area contributed by atoms with Crippen molar-refractivity contribution in [1.29, 1.82) is 0 Å². The minimum absolute atomic E-state index is 0.0141. The Morgan fingerprint density at radius 2 is 1.73 bits per heavy atom. The highest BCUT2D eigenvalue weighted by Gasteiger charge is 2.58. The van der Waals surface area contributed by atoms with Crippen LogP contribution in [0.1, 0.15) is 68.2 Å². The Morgan fingerprint density at radius 1 is 1.12 bits per heavy atom. The van der Waals surface area contributed by atoms with Gasteiger partial charge in [0.1, 0.15) is 6.04 Å². The molecule has 2 rings (SSSR count). The van der Waals surface area contributed by atoms with Crippen LogP contribution >= 0.6 is 0 Å². The van der Waals surface area contributed by atoms with Gasteiger partial charge in [-0.25, -0.2) is 0 Å². The summed E-state index contributed by atoms with van der Waals surface area (Å²) in [6, 6.07) is -1.23. The van der Waals surface area contributed by atoms with Crippen molar-refractivity contribution in [1.82, 2.24) is 15.5 Å². The molecule has 1 aliphatic carbocycles. The number of amides is 3. The van der Waals surface area contributed by atoms with Gasteiger partial charge < -0.3 is 20.6 Å². The van der Waals surface area contributed by atoms with Gasteiger partial charge in [0.15, 0.2) is 0 Å². The number of fused-ring (bicyclic) bond motifs is 1. The van der Waals surface area contributed by atoms with Gasteiger partial charge in [-0.05, 0) is 43.9 Å². The molecule has 1 aliphatic heterocycles. The number of carbonyl (C=O) groups is 3. The quantitative estimate of drug-likeness (QED) is 0.482. The molecule has 0 radical (unpaired) electrons. The fourth-order valence-electron chi connectivity index (χ4n) is 6.10. The number of aliphatic hydroxyl groups is 1. The summed E-state index contributed by atoms with van der Waals surface area (Å²) in [5.74, 6) is -2.07. The molecule has 188 valence electrons. The predicted octanol–water partition coefficient (Wildman–Crippen LogP) is 2.74. The van der Waals surface area contributed by atoms with Gasteiger partial charge in [-0.3, -0.25) is 14.4 Å². The van der Waals surface area contributed by atoms with Crippen LogP contribution in [0.4, 0.5) is 0 Å². The SMILES string of the molecule is CNC(=O)[C@H]1[C@@H]2C(=O)N([C@@H](CO)CC(C)C)[C@H](C(=O)NC(C)(C)CC(C)(C)C)[C@H]2C=C[C@H]1C. The zero-order valence-corrected chi connectivity index (χ0v) is 21.9. The Hall–Kier alpha value is -1.89. The molecule has 6 atom stereocenters. The van der Waals surface area contributed by atoms with Crippen LogP contribution in [-0.2, 0) is 14.4 Å². The average molecular weight is 464 g/mol. The van der Waals surface area contributed by atoms with E-state index in [9.17, 15) is 19.5 Å². The molecule has 3 amide bonds. The monoisotopic (exact) mass is 463 g/mol. The summed E-state index contributed by atoms with van der Waals surface area (Å²) in [4.78, 5) is 42.0. The normalized spacial score (nSPS) is 28.6. The first-order valence-electron chi connectivity index (χ1n) is 12.3. The van der Waals surface area contributed by atoms with Crippen LogP contribution in [-0.4, -0.2) is 59.0 Å². The Morgan fingerprint density at radius 3 is 2.21 bits per heavy atom. The topological polar surface area (TPSA) is 98.7 Å². The number of allylic oxidation sites excluding steroid dienone is 1. The third kappa shape index (κ3) is 6.17. The van der Waals surface area contributed by atoms with Crippen LogP contribution in [0.3, 0.4) is 0 Å².